The van der Waals surface area contributed by atoms with Crippen molar-refractivity contribution in [2.45, 2.75) is 13.2 Å². The summed E-state index contributed by atoms with van der Waals surface area (Å²) in [6.07, 6.45) is 2.84. The lowest BCUT2D eigenvalue weighted by molar-refractivity contribution is -0.0642. The van der Waals surface area contributed by atoms with Gasteiger partial charge in [-0.1, -0.05) is 12.2 Å². The van der Waals surface area contributed by atoms with Gasteiger partial charge in [0, 0.05) is 0 Å². The number of hydrogen-bond acceptors (Lipinski definition) is 5. The van der Waals surface area contributed by atoms with Crippen molar-refractivity contribution in [1.82, 2.24) is 0 Å². The summed E-state index contributed by atoms with van der Waals surface area (Å²) < 4.78 is 32.8. The van der Waals surface area contributed by atoms with E-state index in [-0.39, 0.29) is 0 Å². The van der Waals surface area contributed by atoms with Crippen molar-refractivity contribution >= 4 is 10.4 Å². The summed E-state index contributed by atoms with van der Waals surface area (Å²) in [6.45, 7) is 9.68. The van der Waals surface area contributed by atoms with Crippen LogP contribution in [0.15, 0.2) is 25.3 Å². The Morgan fingerprint density at radius 1 is 1.29 bits per heavy atom. The first-order chi connectivity index (χ1) is 6.52. The smallest absolute Gasteiger partial charge is 0.373 e. The number of ether oxygens (including phenoxy) is 1. The van der Waals surface area contributed by atoms with Crippen LogP contribution in [0.25, 0.3) is 0 Å². The van der Waals surface area contributed by atoms with Gasteiger partial charge in [-0.2, -0.15) is 8.42 Å². The maximum atomic E-state index is 9.85. The van der Waals surface area contributed by atoms with Gasteiger partial charge in [0.05, 0.1) is 13.2 Å². The van der Waals surface area contributed by atoms with Gasteiger partial charge in [0.15, 0.2) is 6.29 Å². The minimum absolute atomic E-state index is 0.579. The third-order valence-electron chi connectivity index (χ3n) is 0.978. The van der Waals surface area contributed by atoms with Crippen LogP contribution in [-0.2, 0) is 23.5 Å². The minimum Gasteiger partial charge on any atom is -0.373 e. The van der Waals surface area contributed by atoms with Crippen molar-refractivity contribution in [3.8, 4) is 0 Å². The molecule has 1 rings (SSSR count). The summed E-state index contributed by atoms with van der Waals surface area (Å²) in [4.78, 5) is 0. The van der Waals surface area contributed by atoms with E-state index in [0.717, 1.165) is 0 Å². The maximum Gasteiger partial charge on any atom is 0.404 e. The van der Waals surface area contributed by atoms with Crippen molar-refractivity contribution in [2.24, 2.45) is 0 Å². The monoisotopic (exact) mass is 222 g/mol. The zero-order valence-corrected chi connectivity index (χ0v) is 8.83. The first-order valence-electron chi connectivity index (χ1n) is 3.93. The molecule has 0 amide bonds. The predicted molar refractivity (Wildman–Crippen MR) is 51.8 cm³/mol. The standard InChI is InChI=1S/C6H10O.C2H4O4S/c1-3-5-7-6-4-2;1-2-5-7(3,4)6-2/h3-4H,1-2,5-6H2;2H,1H3. The van der Waals surface area contributed by atoms with E-state index in [0.29, 0.717) is 13.2 Å². The van der Waals surface area contributed by atoms with Crippen molar-refractivity contribution in [3.05, 3.63) is 25.3 Å². The summed E-state index contributed by atoms with van der Waals surface area (Å²) in [5, 5.41) is 0. The molecule has 5 nitrogen and oxygen atoms in total. The van der Waals surface area contributed by atoms with E-state index in [1.165, 1.54) is 6.92 Å². The number of rotatable bonds is 4. The van der Waals surface area contributed by atoms with Crippen molar-refractivity contribution < 1.29 is 21.5 Å². The Kier molecular flexibility index (Phi) is 6.39. The topological polar surface area (TPSA) is 61.8 Å². The third-order valence-corrected chi connectivity index (χ3v) is 1.99. The van der Waals surface area contributed by atoms with E-state index in [4.69, 9.17) is 4.74 Å². The van der Waals surface area contributed by atoms with Gasteiger partial charge in [-0.05, 0) is 6.92 Å². The van der Waals surface area contributed by atoms with Crippen molar-refractivity contribution in [2.75, 3.05) is 13.2 Å². The van der Waals surface area contributed by atoms with Gasteiger partial charge in [0.25, 0.3) is 0 Å². The second kappa shape index (κ2) is 6.72. The second-order valence-corrected chi connectivity index (χ2v) is 3.48. The highest BCUT2D eigenvalue weighted by Gasteiger charge is 2.31. The fraction of sp³-hybridized carbons (Fsp3) is 0.500. The van der Waals surface area contributed by atoms with Gasteiger partial charge in [0.2, 0.25) is 0 Å². The molecule has 6 heteroatoms. The molecule has 0 atom stereocenters. The van der Waals surface area contributed by atoms with Gasteiger partial charge in [-0.15, -0.1) is 13.2 Å². The molecular formula is C8H14O5S. The molecule has 0 aromatic heterocycles. The summed E-state index contributed by atoms with van der Waals surface area (Å²) >= 11 is 0. The SMILES string of the molecule is C=CCOCC=C.CC1OS(=O)(=O)O1. The summed E-state index contributed by atoms with van der Waals surface area (Å²) in [5.41, 5.74) is 0. The molecule has 0 spiro atoms. The molecule has 1 heterocycles. The zero-order chi connectivity index (χ0) is 11.0. The first kappa shape index (κ1) is 13.3. The maximum absolute atomic E-state index is 9.85. The molecule has 0 aromatic rings. The largest absolute Gasteiger partial charge is 0.404 e. The number of hydrogen-bond donors (Lipinski definition) is 0. The molecule has 1 saturated heterocycles. The van der Waals surface area contributed by atoms with E-state index in [9.17, 15) is 8.42 Å². The molecule has 0 N–H and O–H groups in total. The van der Waals surface area contributed by atoms with Crippen LogP contribution in [0, 0.1) is 0 Å². The van der Waals surface area contributed by atoms with Gasteiger partial charge >= 0.3 is 10.4 Å². The lowest BCUT2D eigenvalue weighted by Gasteiger charge is -2.20. The summed E-state index contributed by atoms with van der Waals surface area (Å²) in [6, 6.07) is 0. The van der Waals surface area contributed by atoms with Gasteiger partial charge in [-0.3, -0.25) is 0 Å². The van der Waals surface area contributed by atoms with Gasteiger partial charge in [0.1, 0.15) is 0 Å². The van der Waals surface area contributed by atoms with E-state index in [1.54, 1.807) is 12.2 Å². The summed E-state index contributed by atoms with van der Waals surface area (Å²) in [7, 11) is -3.53. The van der Waals surface area contributed by atoms with Crippen LogP contribution in [0.1, 0.15) is 6.92 Å². The van der Waals surface area contributed by atoms with Crippen LogP contribution in [-0.4, -0.2) is 27.9 Å². The Morgan fingerprint density at radius 3 is 1.86 bits per heavy atom. The molecule has 0 unspecified atom stereocenters. The third kappa shape index (κ3) is 6.79. The van der Waals surface area contributed by atoms with Gasteiger partial charge < -0.3 is 4.74 Å². The first-order valence-corrected chi connectivity index (χ1v) is 5.26. The van der Waals surface area contributed by atoms with E-state index >= 15 is 0 Å². The fourth-order valence-electron chi connectivity index (χ4n) is 0.574. The molecule has 82 valence electrons. The van der Waals surface area contributed by atoms with Crippen LogP contribution in [0.2, 0.25) is 0 Å². The predicted octanol–water partition coefficient (Wildman–Crippen LogP) is 0.999. The molecule has 0 aromatic carbocycles. The molecule has 0 bridgehead atoms. The Hall–Kier alpha value is -0.690. The highest BCUT2D eigenvalue weighted by Crippen LogP contribution is 2.15. The minimum atomic E-state index is -3.53. The van der Waals surface area contributed by atoms with Crippen LogP contribution < -0.4 is 0 Å². The molecule has 0 aliphatic carbocycles. The Balaban J connectivity index is 0.000000241. The highest BCUT2D eigenvalue weighted by atomic mass is 32.3. The van der Waals surface area contributed by atoms with Crippen LogP contribution in [0.4, 0.5) is 0 Å². The lowest BCUT2D eigenvalue weighted by Crippen LogP contribution is -2.33. The Bertz CT molecular complexity index is 249. The molecule has 1 aliphatic heterocycles. The molecular weight excluding hydrogens is 208 g/mol. The van der Waals surface area contributed by atoms with Crippen LogP contribution in [0.3, 0.4) is 0 Å². The molecule has 1 fully saturated rings. The van der Waals surface area contributed by atoms with Crippen molar-refractivity contribution in [3.63, 3.8) is 0 Å². The fourth-order valence-corrected chi connectivity index (χ4v) is 1.25. The van der Waals surface area contributed by atoms with E-state index in [2.05, 4.69) is 21.5 Å². The highest BCUT2D eigenvalue weighted by molar-refractivity contribution is 7.82. The lowest BCUT2D eigenvalue weighted by atomic mass is 10.6. The van der Waals surface area contributed by atoms with E-state index < -0.39 is 16.7 Å². The average molecular weight is 222 g/mol. The molecule has 14 heavy (non-hydrogen) atoms. The zero-order valence-electron chi connectivity index (χ0n) is 8.01. The molecule has 0 saturated carbocycles. The van der Waals surface area contributed by atoms with Gasteiger partial charge in [-0.25, -0.2) is 8.37 Å². The molecule has 0 radical (unpaired) electrons. The Labute approximate surface area is 84.3 Å². The van der Waals surface area contributed by atoms with Crippen LogP contribution in [0.5, 0.6) is 0 Å². The second-order valence-electron chi connectivity index (χ2n) is 2.28. The van der Waals surface area contributed by atoms with Crippen LogP contribution >= 0.6 is 0 Å². The van der Waals surface area contributed by atoms with E-state index in [1.807, 2.05) is 0 Å². The quantitative estimate of drug-likeness (QED) is 0.524. The van der Waals surface area contributed by atoms with Crippen molar-refractivity contribution in [1.29, 1.82) is 0 Å². The Morgan fingerprint density at radius 2 is 1.71 bits per heavy atom. The average Bonchev–Trinajstić information content (AvgIpc) is 2.03. The summed E-state index contributed by atoms with van der Waals surface area (Å²) in [5.74, 6) is 0. The molecule has 1 aliphatic rings. The normalized spacial score (nSPS) is 18.6.